The van der Waals surface area contributed by atoms with E-state index in [1.165, 1.54) is 0 Å². The van der Waals surface area contributed by atoms with Crippen LogP contribution in [0.3, 0.4) is 0 Å². The van der Waals surface area contributed by atoms with E-state index in [9.17, 15) is 0 Å². The summed E-state index contributed by atoms with van der Waals surface area (Å²) in [6.07, 6.45) is 0. The van der Waals surface area contributed by atoms with Crippen molar-refractivity contribution >= 4 is 21.7 Å². The van der Waals surface area contributed by atoms with Crippen molar-refractivity contribution < 1.29 is 0 Å². The molecule has 1 aromatic heterocycles. The van der Waals surface area contributed by atoms with Gasteiger partial charge in [0.15, 0.2) is 5.82 Å². The number of hydrogen-bond acceptors (Lipinski definition) is 3. The predicted molar refractivity (Wildman–Crippen MR) is 89.8 cm³/mol. The molecular weight excluding hydrogens is 326 g/mol. The van der Waals surface area contributed by atoms with Gasteiger partial charge in [-0.25, -0.2) is 9.97 Å². The molecule has 0 aliphatic carbocycles. The van der Waals surface area contributed by atoms with E-state index in [0.29, 0.717) is 11.6 Å². The zero-order valence-electron chi connectivity index (χ0n) is 11.5. The standard InChI is InChI=1S/C17H14BrN3/c1-11-9-13(18)7-8-14(11)17-20-15(10-16(19)21-17)12-5-3-2-4-6-12/h2-10H,1H3,(H2,19,20,21). The zero-order chi connectivity index (χ0) is 14.8. The SMILES string of the molecule is Cc1cc(Br)ccc1-c1nc(N)cc(-c2ccccc2)n1. The summed E-state index contributed by atoms with van der Waals surface area (Å²) in [6, 6.07) is 17.8. The Labute approximate surface area is 132 Å². The fourth-order valence-electron chi connectivity index (χ4n) is 2.22. The molecule has 0 radical (unpaired) electrons. The summed E-state index contributed by atoms with van der Waals surface area (Å²) in [5.74, 6) is 1.13. The Morgan fingerprint density at radius 2 is 1.71 bits per heavy atom. The van der Waals surface area contributed by atoms with Crippen LogP contribution >= 0.6 is 15.9 Å². The van der Waals surface area contributed by atoms with Gasteiger partial charge in [-0.15, -0.1) is 0 Å². The maximum Gasteiger partial charge on any atom is 0.162 e. The maximum atomic E-state index is 5.95. The summed E-state index contributed by atoms with van der Waals surface area (Å²) in [5, 5.41) is 0. The van der Waals surface area contributed by atoms with Crippen LogP contribution in [0.5, 0.6) is 0 Å². The van der Waals surface area contributed by atoms with Crippen LogP contribution in [0.25, 0.3) is 22.6 Å². The van der Waals surface area contributed by atoms with E-state index in [0.717, 1.165) is 26.9 Å². The molecule has 0 spiro atoms. The highest BCUT2D eigenvalue weighted by molar-refractivity contribution is 9.10. The minimum atomic E-state index is 0.473. The second-order valence-corrected chi connectivity index (χ2v) is 5.74. The Hall–Kier alpha value is -2.20. The molecule has 0 fully saturated rings. The third kappa shape index (κ3) is 2.95. The zero-order valence-corrected chi connectivity index (χ0v) is 13.1. The van der Waals surface area contributed by atoms with E-state index in [4.69, 9.17) is 5.73 Å². The van der Waals surface area contributed by atoms with Crippen molar-refractivity contribution in [2.24, 2.45) is 0 Å². The first-order valence-corrected chi connectivity index (χ1v) is 7.39. The molecule has 3 rings (SSSR count). The first kappa shape index (κ1) is 13.8. The molecule has 0 amide bonds. The summed E-state index contributed by atoms with van der Waals surface area (Å²) < 4.78 is 1.04. The van der Waals surface area contributed by atoms with Gasteiger partial charge in [0, 0.05) is 21.7 Å². The molecule has 4 heteroatoms. The van der Waals surface area contributed by atoms with Gasteiger partial charge in [-0.05, 0) is 30.7 Å². The van der Waals surface area contributed by atoms with Gasteiger partial charge in [0.1, 0.15) is 5.82 Å². The molecule has 0 aliphatic rings. The highest BCUT2D eigenvalue weighted by Crippen LogP contribution is 2.27. The fourth-order valence-corrected chi connectivity index (χ4v) is 2.70. The van der Waals surface area contributed by atoms with Crippen molar-refractivity contribution in [1.29, 1.82) is 0 Å². The van der Waals surface area contributed by atoms with Gasteiger partial charge in [0.25, 0.3) is 0 Å². The monoisotopic (exact) mass is 339 g/mol. The Balaban J connectivity index is 2.14. The van der Waals surface area contributed by atoms with Gasteiger partial charge in [-0.1, -0.05) is 46.3 Å². The average Bonchev–Trinajstić information content (AvgIpc) is 2.47. The van der Waals surface area contributed by atoms with E-state index in [1.807, 2.05) is 55.5 Å². The highest BCUT2D eigenvalue weighted by Gasteiger charge is 2.09. The van der Waals surface area contributed by atoms with Crippen molar-refractivity contribution in [1.82, 2.24) is 9.97 Å². The number of aromatic nitrogens is 2. The molecule has 3 aromatic rings. The van der Waals surface area contributed by atoms with E-state index >= 15 is 0 Å². The normalized spacial score (nSPS) is 10.6. The molecule has 1 heterocycles. The van der Waals surface area contributed by atoms with Crippen LogP contribution in [0.4, 0.5) is 5.82 Å². The van der Waals surface area contributed by atoms with Gasteiger partial charge >= 0.3 is 0 Å². The van der Waals surface area contributed by atoms with Crippen LogP contribution in [0.15, 0.2) is 59.1 Å². The van der Waals surface area contributed by atoms with Gasteiger partial charge in [0.05, 0.1) is 5.69 Å². The number of halogens is 1. The second-order valence-electron chi connectivity index (χ2n) is 4.83. The Morgan fingerprint density at radius 1 is 0.952 bits per heavy atom. The number of nitrogen functional groups attached to an aromatic ring is 1. The second kappa shape index (κ2) is 5.66. The van der Waals surface area contributed by atoms with Crippen molar-refractivity contribution in [3.8, 4) is 22.6 Å². The van der Waals surface area contributed by atoms with E-state index in [1.54, 1.807) is 6.07 Å². The number of benzene rings is 2. The van der Waals surface area contributed by atoms with Crippen molar-refractivity contribution in [3.63, 3.8) is 0 Å². The lowest BCUT2D eigenvalue weighted by molar-refractivity contribution is 1.18. The number of hydrogen-bond donors (Lipinski definition) is 1. The maximum absolute atomic E-state index is 5.95. The van der Waals surface area contributed by atoms with Gasteiger partial charge in [0.2, 0.25) is 0 Å². The van der Waals surface area contributed by atoms with Gasteiger partial charge < -0.3 is 5.73 Å². The molecule has 0 saturated heterocycles. The Kier molecular flexibility index (Phi) is 3.71. The van der Waals surface area contributed by atoms with E-state index < -0.39 is 0 Å². The van der Waals surface area contributed by atoms with E-state index in [2.05, 4.69) is 25.9 Å². The van der Waals surface area contributed by atoms with Crippen LogP contribution in [-0.2, 0) is 0 Å². The number of rotatable bonds is 2. The average molecular weight is 340 g/mol. The largest absolute Gasteiger partial charge is 0.384 e. The van der Waals surface area contributed by atoms with E-state index in [-0.39, 0.29) is 0 Å². The Morgan fingerprint density at radius 3 is 2.43 bits per heavy atom. The Bertz CT molecular complexity index is 785. The van der Waals surface area contributed by atoms with Crippen molar-refractivity contribution in [2.45, 2.75) is 6.92 Å². The van der Waals surface area contributed by atoms with Crippen LogP contribution in [0.2, 0.25) is 0 Å². The summed E-state index contributed by atoms with van der Waals surface area (Å²) in [4.78, 5) is 9.03. The first-order valence-electron chi connectivity index (χ1n) is 6.60. The molecule has 2 aromatic carbocycles. The summed E-state index contributed by atoms with van der Waals surface area (Å²) in [5.41, 5.74) is 9.91. The summed E-state index contributed by atoms with van der Waals surface area (Å²) in [7, 11) is 0. The third-order valence-electron chi connectivity index (χ3n) is 3.24. The molecular formula is C17H14BrN3. The molecule has 2 N–H and O–H groups in total. The molecule has 0 saturated carbocycles. The molecule has 21 heavy (non-hydrogen) atoms. The minimum Gasteiger partial charge on any atom is -0.384 e. The highest BCUT2D eigenvalue weighted by atomic mass is 79.9. The molecule has 0 bridgehead atoms. The lowest BCUT2D eigenvalue weighted by atomic mass is 10.1. The molecule has 104 valence electrons. The molecule has 0 aliphatic heterocycles. The van der Waals surface area contributed by atoms with Gasteiger partial charge in [-0.2, -0.15) is 0 Å². The number of aryl methyl sites for hydroxylation is 1. The number of nitrogens with two attached hydrogens (primary N) is 1. The first-order chi connectivity index (χ1) is 10.1. The van der Waals surface area contributed by atoms with Crippen molar-refractivity contribution in [2.75, 3.05) is 5.73 Å². The summed E-state index contributed by atoms with van der Waals surface area (Å²) in [6.45, 7) is 2.04. The summed E-state index contributed by atoms with van der Waals surface area (Å²) >= 11 is 3.47. The van der Waals surface area contributed by atoms with Crippen LogP contribution in [0, 0.1) is 6.92 Å². The molecule has 0 unspecified atom stereocenters. The van der Waals surface area contributed by atoms with Crippen LogP contribution in [-0.4, -0.2) is 9.97 Å². The quantitative estimate of drug-likeness (QED) is 0.749. The lowest BCUT2D eigenvalue weighted by Crippen LogP contribution is -1.99. The lowest BCUT2D eigenvalue weighted by Gasteiger charge is -2.08. The third-order valence-corrected chi connectivity index (χ3v) is 3.74. The van der Waals surface area contributed by atoms with Crippen molar-refractivity contribution in [3.05, 3.63) is 64.6 Å². The number of anilines is 1. The van der Waals surface area contributed by atoms with Gasteiger partial charge in [-0.3, -0.25) is 0 Å². The number of nitrogens with zero attached hydrogens (tertiary/aromatic N) is 2. The smallest absolute Gasteiger partial charge is 0.162 e. The molecule has 0 atom stereocenters. The van der Waals surface area contributed by atoms with Crippen LogP contribution in [0.1, 0.15) is 5.56 Å². The molecule has 3 nitrogen and oxygen atoms in total. The topological polar surface area (TPSA) is 51.8 Å². The predicted octanol–water partition coefficient (Wildman–Crippen LogP) is 4.46. The fraction of sp³-hybridized carbons (Fsp3) is 0.0588. The van der Waals surface area contributed by atoms with Crippen LogP contribution < -0.4 is 5.73 Å². The minimum absolute atomic E-state index is 0.473.